The van der Waals surface area contributed by atoms with Crippen molar-refractivity contribution in [3.63, 3.8) is 0 Å². The molecule has 0 aromatic carbocycles. The number of rotatable bonds is 2. The van der Waals surface area contributed by atoms with Crippen LogP contribution in [0.15, 0.2) is 12.3 Å². The molecule has 0 aliphatic carbocycles. The molecule has 1 aromatic rings. The van der Waals surface area contributed by atoms with Gasteiger partial charge < -0.3 is 9.30 Å². The summed E-state index contributed by atoms with van der Waals surface area (Å²) in [6.07, 6.45) is 1.95. The SMILES string of the molecule is CCOC(=O)c1ccn2c1CSC2. The van der Waals surface area contributed by atoms with Gasteiger partial charge in [-0.05, 0) is 13.0 Å². The van der Waals surface area contributed by atoms with E-state index in [1.807, 2.05) is 30.9 Å². The Morgan fingerprint density at radius 1 is 1.77 bits per heavy atom. The average molecular weight is 197 g/mol. The van der Waals surface area contributed by atoms with E-state index in [4.69, 9.17) is 4.74 Å². The van der Waals surface area contributed by atoms with Crippen LogP contribution in [-0.2, 0) is 16.4 Å². The predicted octanol–water partition coefficient (Wildman–Crippen LogP) is 1.87. The number of aromatic nitrogens is 1. The van der Waals surface area contributed by atoms with Crippen molar-refractivity contribution in [3.8, 4) is 0 Å². The van der Waals surface area contributed by atoms with E-state index in [1.54, 1.807) is 0 Å². The standard InChI is InChI=1S/C9H11NO2S/c1-2-12-9(11)7-3-4-10-6-13-5-8(7)10/h3-4H,2,5-6H2,1H3. The van der Waals surface area contributed by atoms with Gasteiger partial charge in [-0.1, -0.05) is 0 Å². The molecule has 70 valence electrons. The highest BCUT2D eigenvalue weighted by molar-refractivity contribution is 7.97. The van der Waals surface area contributed by atoms with Crippen LogP contribution in [0, 0.1) is 0 Å². The Morgan fingerprint density at radius 2 is 2.62 bits per heavy atom. The Balaban J connectivity index is 2.26. The predicted molar refractivity (Wildman–Crippen MR) is 51.7 cm³/mol. The van der Waals surface area contributed by atoms with Crippen molar-refractivity contribution in [2.75, 3.05) is 6.61 Å². The maximum Gasteiger partial charge on any atom is 0.339 e. The number of carbonyl (C=O) groups excluding carboxylic acids is 1. The van der Waals surface area contributed by atoms with Crippen LogP contribution in [0.4, 0.5) is 0 Å². The lowest BCUT2D eigenvalue weighted by Crippen LogP contribution is -2.06. The summed E-state index contributed by atoms with van der Waals surface area (Å²) < 4.78 is 7.04. The first-order chi connectivity index (χ1) is 6.33. The summed E-state index contributed by atoms with van der Waals surface area (Å²) >= 11 is 1.81. The molecule has 0 atom stereocenters. The number of ether oxygens (including phenoxy) is 1. The maximum absolute atomic E-state index is 11.4. The Bertz CT molecular complexity index is 332. The first-order valence-corrected chi connectivity index (χ1v) is 5.41. The summed E-state index contributed by atoms with van der Waals surface area (Å²) in [7, 11) is 0. The summed E-state index contributed by atoms with van der Waals surface area (Å²) in [5.41, 5.74) is 1.83. The molecule has 0 amide bonds. The van der Waals surface area contributed by atoms with Gasteiger partial charge in [0.15, 0.2) is 0 Å². The van der Waals surface area contributed by atoms with E-state index < -0.39 is 0 Å². The van der Waals surface area contributed by atoms with Crippen LogP contribution in [0.25, 0.3) is 0 Å². The Labute approximate surface area is 81.1 Å². The van der Waals surface area contributed by atoms with Crippen LogP contribution in [0.3, 0.4) is 0 Å². The van der Waals surface area contributed by atoms with Crippen LogP contribution < -0.4 is 0 Å². The third-order valence-corrected chi connectivity index (χ3v) is 2.98. The van der Waals surface area contributed by atoms with E-state index in [-0.39, 0.29) is 5.97 Å². The summed E-state index contributed by atoms with van der Waals surface area (Å²) in [6.45, 7) is 2.26. The minimum atomic E-state index is -0.196. The fourth-order valence-electron chi connectivity index (χ4n) is 1.42. The van der Waals surface area contributed by atoms with Gasteiger partial charge in [0.05, 0.1) is 18.0 Å². The van der Waals surface area contributed by atoms with Crippen molar-refractivity contribution in [2.45, 2.75) is 18.6 Å². The smallest absolute Gasteiger partial charge is 0.339 e. The lowest BCUT2D eigenvalue weighted by Gasteiger charge is -2.00. The molecule has 13 heavy (non-hydrogen) atoms. The number of hydrogen-bond donors (Lipinski definition) is 0. The minimum absolute atomic E-state index is 0.196. The molecule has 0 unspecified atom stereocenters. The van der Waals surface area contributed by atoms with Crippen LogP contribution in [0.2, 0.25) is 0 Å². The van der Waals surface area contributed by atoms with E-state index >= 15 is 0 Å². The second-order valence-corrected chi connectivity index (χ2v) is 3.80. The van der Waals surface area contributed by atoms with Crippen molar-refractivity contribution in [1.82, 2.24) is 4.57 Å². The number of carbonyl (C=O) groups is 1. The second-order valence-electron chi connectivity index (χ2n) is 2.84. The quantitative estimate of drug-likeness (QED) is 0.678. The van der Waals surface area contributed by atoms with Gasteiger partial charge in [0, 0.05) is 17.6 Å². The molecule has 0 spiro atoms. The fraction of sp³-hybridized carbons (Fsp3) is 0.444. The summed E-state index contributed by atoms with van der Waals surface area (Å²) in [4.78, 5) is 11.4. The highest BCUT2D eigenvalue weighted by Gasteiger charge is 2.20. The van der Waals surface area contributed by atoms with E-state index in [1.165, 1.54) is 0 Å². The van der Waals surface area contributed by atoms with Gasteiger partial charge in [-0.3, -0.25) is 0 Å². The van der Waals surface area contributed by atoms with Crippen molar-refractivity contribution < 1.29 is 9.53 Å². The van der Waals surface area contributed by atoms with E-state index in [0.29, 0.717) is 6.61 Å². The lowest BCUT2D eigenvalue weighted by molar-refractivity contribution is 0.0525. The van der Waals surface area contributed by atoms with Crippen LogP contribution in [0.1, 0.15) is 23.0 Å². The summed E-state index contributed by atoms with van der Waals surface area (Å²) in [6, 6.07) is 1.84. The highest BCUT2D eigenvalue weighted by atomic mass is 32.2. The van der Waals surface area contributed by atoms with Gasteiger partial charge in [-0.15, -0.1) is 11.8 Å². The van der Waals surface area contributed by atoms with Gasteiger partial charge in [-0.2, -0.15) is 0 Å². The number of thioether (sulfide) groups is 1. The van der Waals surface area contributed by atoms with Gasteiger partial charge in [0.1, 0.15) is 0 Å². The van der Waals surface area contributed by atoms with Gasteiger partial charge >= 0.3 is 5.97 Å². The Hall–Kier alpha value is -0.900. The lowest BCUT2D eigenvalue weighted by atomic mass is 10.2. The third kappa shape index (κ3) is 1.46. The van der Waals surface area contributed by atoms with Gasteiger partial charge in [-0.25, -0.2) is 4.79 Å². The molecule has 2 heterocycles. The molecule has 3 nitrogen and oxygen atoms in total. The molecule has 4 heteroatoms. The Morgan fingerprint density at radius 3 is 3.38 bits per heavy atom. The molecule has 0 N–H and O–H groups in total. The third-order valence-electron chi connectivity index (χ3n) is 2.04. The largest absolute Gasteiger partial charge is 0.462 e. The van der Waals surface area contributed by atoms with Crippen LogP contribution in [-0.4, -0.2) is 17.1 Å². The first kappa shape index (κ1) is 8.69. The first-order valence-electron chi connectivity index (χ1n) is 4.25. The van der Waals surface area contributed by atoms with Crippen LogP contribution in [0.5, 0.6) is 0 Å². The van der Waals surface area contributed by atoms with Crippen molar-refractivity contribution in [1.29, 1.82) is 0 Å². The molecular weight excluding hydrogens is 186 g/mol. The second kappa shape index (κ2) is 3.46. The highest BCUT2D eigenvalue weighted by Crippen LogP contribution is 2.27. The normalized spacial score (nSPS) is 14.2. The molecule has 1 aliphatic rings. The molecule has 0 saturated carbocycles. The zero-order valence-electron chi connectivity index (χ0n) is 7.45. The zero-order valence-corrected chi connectivity index (χ0v) is 8.26. The molecule has 0 radical (unpaired) electrons. The monoisotopic (exact) mass is 197 g/mol. The number of hydrogen-bond acceptors (Lipinski definition) is 3. The van der Waals surface area contributed by atoms with Crippen LogP contribution >= 0.6 is 11.8 Å². The molecule has 2 rings (SSSR count). The minimum Gasteiger partial charge on any atom is -0.462 e. The van der Waals surface area contributed by atoms with E-state index in [2.05, 4.69) is 4.57 Å². The van der Waals surface area contributed by atoms with E-state index in [9.17, 15) is 4.79 Å². The van der Waals surface area contributed by atoms with Gasteiger partial charge in [0.25, 0.3) is 0 Å². The summed E-state index contributed by atoms with van der Waals surface area (Å²) in [5, 5.41) is 0. The number of esters is 1. The molecule has 1 aromatic heterocycles. The van der Waals surface area contributed by atoms with Gasteiger partial charge in [0.2, 0.25) is 0 Å². The Kier molecular flexibility index (Phi) is 2.31. The molecule has 0 bridgehead atoms. The fourth-order valence-corrected chi connectivity index (χ4v) is 2.47. The van der Waals surface area contributed by atoms with Crippen molar-refractivity contribution in [2.24, 2.45) is 0 Å². The molecular formula is C9H11NO2S. The van der Waals surface area contributed by atoms with Crippen molar-refractivity contribution in [3.05, 3.63) is 23.5 Å². The molecule has 0 fully saturated rings. The zero-order chi connectivity index (χ0) is 9.26. The topological polar surface area (TPSA) is 31.2 Å². The average Bonchev–Trinajstić information content (AvgIpc) is 2.62. The van der Waals surface area contributed by atoms with E-state index in [0.717, 1.165) is 22.9 Å². The van der Waals surface area contributed by atoms with Crippen molar-refractivity contribution >= 4 is 17.7 Å². The summed E-state index contributed by atoms with van der Waals surface area (Å²) in [5.74, 6) is 1.68. The molecule has 1 aliphatic heterocycles. The maximum atomic E-state index is 11.4. The number of fused-ring (bicyclic) bond motifs is 1. The number of nitrogens with zero attached hydrogens (tertiary/aromatic N) is 1. The molecule has 0 saturated heterocycles.